The summed E-state index contributed by atoms with van der Waals surface area (Å²) in [7, 11) is -2.70. The van der Waals surface area contributed by atoms with Crippen molar-refractivity contribution in [3.63, 3.8) is 0 Å². The molecule has 3 saturated carbocycles. The van der Waals surface area contributed by atoms with E-state index in [9.17, 15) is 4.79 Å². The molecule has 256 valence electrons. The fourth-order valence-electron chi connectivity index (χ4n) is 9.37. The molecule has 0 heterocycles. The van der Waals surface area contributed by atoms with Crippen molar-refractivity contribution >= 4 is 14.9 Å². The van der Waals surface area contributed by atoms with E-state index in [0.29, 0.717) is 67.4 Å². The van der Waals surface area contributed by atoms with Crippen molar-refractivity contribution in [3.8, 4) is 0 Å². The predicted molar refractivity (Wildman–Crippen MR) is 186 cm³/mol. The third kappa shape index (κ3) is 8.01. The molecule has 8 atom stereocenters. The number of carbonyl (C=O) groups is 1. The van der Waals surface area contributed by atoms with Crippen LogP contribution in [0.2, 0.25) is 6.04 Å². The minimum Gasteiger partial charge on any atom is -0.446 e. The van der Waals surface area contributed by atoms with Gasteiger partial charge in [-0.3, -0.25) is 0 Å². The summed E-state index contributed by atoms with van der Waals surface area (Å²) in [5, 5.41) is 2.98. The van der Waals surface area contributed by atoms with Crippen molar-refractivity contribution in [1.82, 2.24) is 5.32 Å². The summed E-state index contributed by atoms with van der Waals surface area (Å²) in [5.74, 6) is 4.05. The summed E-state index contributed by atoms with van der Waals surface area (Å²) in [5.41, 5.74) is 3.79. The molecule has 45 heavy (non-hydrogen) atoms. The van der Waals surface area contributed by atoms with Crippen molar-refractivity contribution in [2.45, 2.75) is 126 Å². The lowest BCUT2D eigenvalue weighted by atomic mass is 9.50. The normalized spacial score (nSPS) is 32.8. The quantitative estimate of drug-likeness (QED) is 0.109. The number of hydrogen-bond donors (Lipinski definition) is 1. The first kappa shape index (κ1) is 36.4. The highest BCUT2D eigenvalue weighted by molar-refractivity contribution is 6.60. The number of fused-ring (bicyclic) bond motifs is 5. The second kappa shape index (κ2) is 15.7. The zero-order valence-corrected chi connectivity index (χ0v) is 31.1. The Hall–Kier alpha value is -1.41. The van der Waals surface area contributed by atoms with Crippen LogP contribution in [0.15, 0.2) is 35.5 Å². The van der Waals surface area contributed by atoms with Gasteiger partial charge in [-0.1, -0.05) is 77.0 Å². The first-order chi connectivity index (χ1) is 21.4. The Morgan fingerprint density at radius 1 is 0.933 bits per heavy atom. The third-order valence-corrected chi connectivity index (χ3v) is 15.5. The molecule has 0 unspecified atom stereocenters. The fourth-order valence-corrected chi connectivity index (χ4v) is 12.0. The lowest BCUT2D eigenvalue weighted by Crippen LogP contribution is -2.47. The van der Waals surface area contributed by atoms with Crippen molar-refractivity contribution in [2.75, 3.05) is 26.4 Å². The van der Waals surface area contributed by atoms with E-state index in [-0.39, 0.29) is 17.6 Å². The van der Waals surface area contributed by atoms with Gasteiger partial charge in [0, 0.05) is 38.8 Å². The number of nitrogens with one attached hydrogen (secondary N) is 1. The summed E-state index contributed by atoms with van der Waals surface area (Å²) in [6.07, 6.45) is 18.4. The fraction of sp³-hybridized carbons (Fsp3) is 0.816. The molecule has 4 aliphatic carbocycles. The van der Waals surface area contributed by atoms with Crippen LogP contribution in [0.25, 0.3) is 0 Å². The molecule has 7 heteroatoms. The van der Waals surface area contributed by atoms with E-state index in [0.717, 1.165) is 31.6 Å². The molecule has 0 bridgehead atoms. The Balaban J connectivity index is 1.33. The van der Waals surface area contributed by atoms with Crippen LogP contribution in [-0.2, 0) is 18.0 Å². The molecule has 0 aliphatic heterocycles. The van der Waals surface area contributed by atoms with E-state index in [1.807, 2.05) is 20.8 Å². The molecule has 0 aromatic carbocycles. The lowest BCUT2D eigenvalue weighted by molar-refractivity contribution is 0.0291. The summed E-state index contributed by atoms with van der Waals surface area (Å²) in [6.45, 7) is 22.7. The summed E-state index contributed by atoms with van der Waals surface area (Å²) < 4.78 is 23.8. The zero-order valence-electron chi connectivity index (χ0n) is 30.1. The Morgan fingerprint density at radius 2 is 1.62 bits per heavy atom. The predicted octanol–water partition coefficient (Wildman–Crippen LogP) is 9.50. The monoisotopic (exact) mass is 643 g/mol. The topological polar surface area (TPSA) is 66.0 Å². The van der Waals surface area contributed by atoms with Gasteiger partial charge in [0.05, 0.1) is 0 Å². The van der Waals surface area contributed by atoms with Crippen LogP contribution < -0.4 is 5.32 Å². The first-order valence-electron chi connectivity index (χ1n) is 18.4. The van der Waals surface area contributed by atoms with Gasteiger partial charge in [0.15, 0.2) is 0 Å². The third-order valence-electron chi connectivity index (χ3n) is 12.3. The number of alkyl carbamates (subject to hydrolysis) is 1. The maximum absolute atomic E-state index is 12.8. The average Bonchev–Trinajstić information content (AvgIpc) is 3.36. The second-order valence-corrected chi connectivity index (χ2v) is 18.0. The van der Waals surface area contributed by atoms with Gasteiger partial charge in [-0.2, -0.15) is 0 Å². The van der Waals surface area contributed by atoms with E-state index in [2.05, 4.69) is 71.2 Å². The van der Waals surface area contributed by atoms with E-state index in [1.54, 1.807) is 5.57 Å². The molecule has 0 saturated heterocycles. The van der Waals surface area contributed by atoms with Gasteiger partial charge in [0.1, 0.15) is 6.10 Å². The zero-order chi connectivity index (χ0) is 32.8. The second-order valence-electron chi connectivity index (χ2n) is 15.2. The standard InChI is InChI=1S/C38H65NO5Si/c1-10-41-45(42-11-2,43-12-3)25-13-24-39-36(40)44-31-20-22-37(8)30(26-31)16-17-32-34-19-18-33(38(34,9)23-21-35(32)37)29(7)15-14-28(6)27(4)5/h14-17,27-29,31,33-35H,10-13,18-26H2,1-9H3,(H,39,40)/b15-14+/t28-,29-,31+,33-,34+,35+,37+,38-/m1/s1. The molecular formula is C38H65NO5Si. The van der Waals surface area contributed by atoms with Gasteiger partial charge >= 0.3 is 14.9 Å². The van der Waals surface area contributed by atoms with Crippen molar-refractivity contribution in [2.24, 2.45) is 46.3 Å². The molecule has 6 nitrogen and oxygen atoms in total. The molecule has 0 aromatic rings. The summed E-state index contributed by atoms with van der Waals surface area (Å²) in [6, 6.07) is 0.682. The van der Waals surface area contributed by atoms with E-state index in [1.165, 1.54) is 31.3 Å². The molecule has 0 radical (unpaired) electrons. The minimum atomic E-state index is -2.70. The number of hydrogen-bond acceptors (Lipinski definition) is 5. The SMILES string of the molecule is CCO[Si](CCCNC(=O)O[C@H]1CC[C@@]2(C)C(=CC=C3[C@@H]4CC[C@H]([C@H](C)/C=C/[C@@H](C)C(C)C)[C@@]4(C)CC[C@@H]32)C1)(OCC)OCC. The van der Waals surface area contributed by atoms with Crippen molar-refractivity contribution in [1.29, 1.82) is 0 Å². The first-order valence-corrected chi connectivity index (χ1v) is 20.3. The summed E-state index contributed by atoms with van der Waals surface area (Å²) in [4.78, 5) is 12.8. The Kier molecular flexibility index (Phi) is 12.7. The molecule has 3 fully saturated rings. The maximum atomic E-state index is 12.8. The highest BCUT2D eigenvalue weighted by atomic mass is 28.4. The van der Waals surface area contributed by atoms with Gasteiger partial charge < -0.3 is 23.3 Å². The van der Waals surface area contributed by atoms with Gasteiger partial charge in [0.2, 0.25) is 0 Å². The molecule has 0 spiro atoms. The van der Waals surface area contributed by atoms with Crippen LogP contribution in [0.4, 0.5) is 4.79 Å². The average molecular weight is 644 g/mol. The van der Waals surface area contributed by atoms with Crippen molar-refractivity contribution in [3.05, 3.63) is 35.5 Å². The van der Waals surface area contributed by atoms with Crippen molar-refractivity contribution < 1.29 is 22.8 Å². The number of carbonyl (C=O) groups excluding carboxylic acids is 1. The lowest BCUT2D eigenvalue weighted by Gasteiger charge is -2.55. The minimum absolute atomic E-state index is 0.0615. The number of rotatable bonds is 15. The molecule has 4 rings (SSSR count). The van der Waals surface area contributed by atoms with Crippen LogP contribution in [0.3, 0.4) is 0 Å². The van der Waals surface area contributed by atoms with Gasteiger partial charge in [-0.25, -0.2) is 4.79 Å². The molecular weight excluding hydrogens is 579 g/mol. The van der Waals surface area contributed by atoms with Gasteiger partial charge in [-0.15, -0.1) is 0 Å². The molecule has 0 aromatic heterocycles. The van der Waals surface area contributed by atoms with Crippen LogP contribution in [0, 0.1) is 46.3 Å². The Labute approximate surface area is 276 Å². The Morgan fingerprint density at radius 3 is 2.27 bits per heavy atom. The number of allylic oxidation sites excluding steroid dienone is 5. The summed E-state index contributed by atoms with van der Waals surface area (Å²) >= 11 is 0. The Bertz CT molecular complexity index is 1070. The van der Waals surface area contributed by atoms with E-state index in [4.69, 9.17) is 18.0 Å². The number of amides is 1. The molecule has 1 N–H and O–H groups in total. The molecule has 1 amide bonds. The highest BCUT2D eigenvalue weighted by Crippen LogP contribution is 2.66. The van der Waals surface area contributed by atoms with Crippen LogP contribution in [-0.4, -0.2) is 47.4 Å². The number of ether oxygens (including phenoxy) is 1. The van der Waals surface area contributed by atoms with Gasteiger partial charge in [0.25, 0.3) is 0 Å². The highest BCUT2D eigenvalue weighted by Gasteiger charge is 2.57. The van der Waals surface area contributed by atoms with Gasteiger partial charge in [-0.05, 0) is 112 Å². The maximum Gasteiger partial charge on any atom is 0.500 e. The van der Waals surface area contributed by atoms with Crippen LogP contribution in [0.1, 0.15) is 114 Å². The smallest absolute Gasteiger partial charge is 0.446 e. The van der Waals surface area contributed by atoms with E-state index >= 15 is 0 Å². The largest absolute Gasteiger partial charge is 0.500 e. The van der Waals surface area contributed by atoms with E-state index < -0.39 is 8.80 Å². The van der Waals surface area contributed by atoms with Crippen LogP contribution in [0.5, 0.6) is 0 Å². The van der Waals surface area contributed by atoms with Crippen LogP contribution >= 0.6 is 0 Å². The molecule has 4 aliphatic rings.